The third-order valence-electron chi connectivity index (χ3n) is 3.61. The van der Waals surface area contributed by atoms with E-state index in [0.717, 1.165) is 36.8 Å². The molecule has 0 radical (unpaired) electrons. The molecule has 0 aliphatic heterocycles. The van der Waals surface area contributed by atoms with Gasteiger partial charge in [0.1, 0.15) is 0 Å². The lowest BCUT2D eigenvalue weighted by atomic mass is 10.1. The Morgan fingerprint density at radius 3 is 2.48 bits per heavy atom. The molecule has 5 nitrogen and oxygen atoms in total. The third kappa shape index (κ3) is 5.43. The minimum absolute atomic E-state index is 0.580. The van der Waals surface area contributed by atoms with Crippen LogP contribution < -0.4 is 10.6 Å². The third-order valence-corrected chi connectivity index (χ3v) is 3.61. The first kappa shape index (κ1) is 17.1. The summed E-state index contributed by atoms with van der Waals surface area (Å²) in [5.74, 6) is 1.59. The van der Waals surface area contributed by atoms with Crippen LogP contribution in [0.3, 0.4) is 0 Å². The maximum Gasteiger partial charge on any atom is 0.191 e. The van der Waals surface area contributed by atoms with Crippen LogP contribution in [0.25, 0.3) is 0 Å². The lowest BCUT2D eigenvalue weighted by Gasteiger charge is -2.11. The Bertz CT molecular complexity index is 641. The molecule has 0 amide bonds. The highest BCUT2D eigenvalue weighted by Gasteiger charge is 2.04. The molecule has 0 aliphatic rings. The molecule has 0 fully saturated rings. The topological polar surface area (TPSA) is 62.5 Å². The van der Waals surface area contributed by atoms with Crippen molar-refractivity contribution in [3.8, 4) is 0 Å². The molecular weight excluding hydrogens is 288 g/mol. The highest BCUT2D eigenvalue weighted by Crippen LogP contribution is 2.09. The lowest BCUT2D eigenvalue weighted by Crippen LogP contribution is -2.37. The van der Waals surface area contributed by atoms with Gasteiger partial charge in [-0.2, -0.15) is 0 Å². The Morgan fingerprint density at radius 2 is 1.87 bits per heavy atom. The number of nitrogens with one attached hydrogen (secondary N) is 2. The molecule has 0 unspecified atom stereocenters. The molecule has 5 heteroatoms. The van der Waals surface area contributed by atoms with Crippen molar-refractivity contribution in [2.24, 2.45) is 4.99 Å². The molecule has 124 valence electrons. The largest absolute Gasteiger partial charge is 0.359 e. The summed E-state index contributed by atoms with van der Waals surface area (Å²) in [6.07, 6.45) is 1.85. The number of benzene rings is 1. The smallest absolute Gasteiger partial charge is 0.191 e. The molecule has 0 bridgehead atoms. The van der Waals surface area contributed by atoms with Crippen LogP contribution in [0.15, 0.2) is 33.8 Å². The Balaban J connectivity index is 1.78. The fourth-order valence-corrected chi connectivity index (χ4v) is 2.54. The van der Waals surface area contributed by atoms with Crippen LogP contribution in [0.1, 0.15) is 35.1 Å². The van der Waals surface area contributed by atoms with E-state index >= 15 is 0 Å². The van der Waals surface area contributed by atoms with Gasteiger partial charge < -0.3 is 15.2 Å². The summed E-state index contributed by atoms with van der Waals surface area (Å²) in [7, 11) is 1.77. The Morgan fingerprint density at radius 1 is 1.13 bits per heavy atom. The van der Waals surface area contributed by atoms with Gasteiger partial charge in [-0.05, 0) is 32.3 Å². The van der Waals surface area contributed by atoms with Crippen molar-refractivity contribution in [1.29, 1.82) is 0 Å². The van der Waals surface area contributed by atoms with Gasteiger partial charge in [-0.15, -0.1) is 0 Å². The lowest BCUT2D eigenvalue weighted by molar-refractivity contribution is 0.374. The van der Waals surface area contributed by atoms with Gasteiger partial charge in [0, 0.05) is 19.7 Å². The van der Waals surface area contributed by atoms with E-state index in [4.69, 9.17) is 4.52 Å². The average molecular weight is 314 g/mol. The van der Waals surface area contributed by atoms with E-state index in [2.05, 4.69) is 59.8 Å². The summed E-state index contributed by atoms with van der Waals surface area (Å²) in [6, 6.07) is 8.62. The highest BCUT2D eigenvalue weighted by molar-refractivity contribution is 5.79. The number of hydrogen-bond donors (Lipinski definition) is 2. The van der Waals surface area contributed by atoms with Crippen LogP contribution in [0.5, 0.6) is 0 Å². The molecule has 0 saturated heterocycles. The monoisotopic (exact) mass is 314 g/mol. The summed E-state index contributed by atoms with van der Waals surface area (Å²) in [5.41, 5.74) is 4.92. The standard InChI is InChI=1S/C18H26N4O/c1-5-16-11-17(23-22-16)12-21-18(19-4)20-7-6-15-9-13(2)8-14(3)10-15/h8-11H,5-7,12H2,1-4H3,(H2,19,20,21). The summed E-state index contributed by atoms with van der Waals surface area (Å²) < 4.78 is 5.26. The summed E-state index contributed by atoms with van der Waals surface area (Å²) in [4.78, 5) is 4.23. The van der Waals surface area contributed by atoms with Crippen molar-refractivity contribution in [1.82, 2.24) is 15.8 Å². The summed E-state index contributed by atoms with van der Waals surface area (Å²) in [6.45, 7) is 7.73. The van der Waals surface area contributed by atoms with Crippen molar-refractivity contribution in [2.45, 2.75) is 40.2 Å². The number of rotatable bonds is 6. The van der Waals surface area contributed by atoms with E-state index < -0.39 is 0 Å². The first-order valence-corrected chi connectivity index (χ1v) is 8.07. The number of aliphatic imine (C=N–C) groups is 1. The molecule has 1 aromatic heterocycles. The predicted octanol–water partition coefficient (Wildman–Crippen LogP) is 2.76. The van der Waals surface area contributed by atoms with Crippen LogP contribution in [-0.2, 0) is 19.4 Å². The number of guanidine groups is 1. The van der Waals surface area contributed by atoms with Crippen LogP contribution in [0.2, 0.25) is 0 Å². The van der Waals surface area contributed by atoms with E-state index in [1.165, 1.54) is 16.7 Å². The van der Waals surface area contributed by atoms with Gasteiger partial charge in [-0.3, -0.25) is 4.99 Å². The summed E-state index contributed by atoms with van der Waals surface area (Å²) >= 11 is 0. The van der Waals surface area contributed by atoms with E-state index in [-0.39, 0.29) is 0 Å². The van der Waals surface area contributed by atoms with Crippen molar-refractivity contribution >= 4 is 5.96 Å². The maximum absolute atomic E-state index is 5.26. The van der Waals surface area contributed by atoms with Crippen molar-refractivity contribution in [2.75, 3.05) is 13.6 Å². The zero-order chi connectivity index (χ0) is 16.7. The van der Waals surface area contributed by atoms with E-state index in [1.54, 1.807) is 7.05 Å². The molecule has 0 saturated carbocycles. The predicted molar refractivity (Wildman–Crippen MR) is 93.7 cm³/mol. The highest BCUT2D eigenvalue weighted by atomic mass is 16.5. The quantitative estimate of drug-likeness (QED) is 0.636. The molecule has 2 rings (SSSR count). The second kappa shape index (κ2) is 8.36. The van der Waals surface area contributed by atoms with Gasteiger partial charge in [0.25, 0.3) is 0 Å². The van der Waals surface area contributed by atoms with Crippen molar-refractivity contribution in [3.63, 3.8) is 0 Å². The molecule has 0 atom stereocenters. The molecule has 2 aromatic rings. The van der Waals surface area contributed by atoms with Crippen LogP contribution in [0, 0.1) is 13.8 Å². The average Bonchev–Trinajstić information content (AvgIpc) is 2.97. The minimum atomic E-state index is 0.580. The molecular formula is C18H26N4O. The van der Waals surface area contributed by atoms with E-state index in [1.807, 2.05) is 6.07 Å². The van der Waals surface area contributed by atoms with Gasteiger partial charge >= 0.3 is 0 Å². The number of aryl methyl sites for hydroxylation is 3. The Hall–Kier alpha value is -2.30. The second-order valence-electron chi connectivity index (χ2n) is 5.74. The number of nitrogens with zero attached hydrogens (tertiary/aromatic N) is 2. The van der Waals surface area contributed by atoms with Crippen LogP contribution in [-0.4, -0.2) is 24.7 Å². The summed E-state index contributed by atoms with van der Waals surface area (Å²) in [5, 5.41) is 10.5. The fourth-order valence-electron chi connectivity index (χ4n) is 2.54. The van der Waals surface area contributed by atoms with E-state index in [9.17, 15) is 0 Å². The first-order valence-electron chi connectivity index (χ1n) is 8.07. The SMILES string of the molecule is CCc1cc(CNC(=NC)NCCc2cc(C)cc(C)c2)on1. The maximum atomic E-state index is 5.26. The molecule has 1 aromatic carbocycles. The minimum Gasteiger partial charge on any atom is -0.359 e. The molecule has 0 aliphatic carbocycles. The normalized spacial score (nSPS) is 11.6. The molecule has 2 N–H and O–H groups in total. The fraction of sp³-hybridized carbons (Fsp3) is 0.444. The van der Waals surface area contributed by atoms with Gasteiger partial charge in [0.15, 0.2) is 11.7 Å². The zero-order valence-corrected chi connectivity index (χ0v) is 14.4. The van der Waals surface area contributed by atoms with Crippen LogP contribution >= 0.6 is 0 Å². The van der Waals surface area contributed by atoms with Crippen molar-refractivity contribution in [3.05, 3.63) is 52.4 Å². The van der Waals surface area contributed by atoms with E-state index in [0.29, 0.717) is 6.54 Å². The zero-order valence-electron chi connectivity index (χ0n) is 14.4. The van der Waals surface area contributed by atoms with Crippen molar-refractivity contribution < 1.29 is 4.52 Å². The van der Waals surface area contributed by atoms with Gasteiger partial charge in [-0.25, -0.2) is 0 Å². The number of aromatic nitrogens is 1. The number of hydrogen-bond acceptors (Lipinski definition) is 3. The van der Waals surface area contributed by atoms with Gasteiger partial charge in [0.2, 0.25) is 0 Å². The first-order chi connectivity index (χ1) is 11.1. The van der Waals surface area contributed by atoms with Gasteiger partial charge in [-0.1, -0.05) is 41.4 Å². The van der Waals surface area contributed by atoms with Gasteiger partial charge in [0.05, 0.1) is 12.2 Å². The Labute approximate surface area is 138 Å². The molecule has 0 spiro atoms. The molecule has 23 heavy (non-hydrogen) atoms. The second-order valence-corrected chi connectivity index (χ2v) is 5.74. The Kier molecular flexibility index (Phi) is 6.20. The molecule has 1 heterocycles. The van der Waals surface area contributed by atoms with Crippen LogP contribution in [0.4, 0.5) is 0 Å².